The van der Waals surface area contributed by atoms with Crippen LogP contribution in [0.4, 0.5) is 0 Å². The van der Waals surface area contributed by atoms with Crippen LogP contribution >= 0.6 is 0 Å². The van der Waals surface area contributed by atoms with Crippen LogP contribution in [0.15, 0.2) is 43.0 Å². The largest absolute Gasteiger partial charge is 0.306 e. The van der Waals surface area contributed by atoms with Crippen molar-refractivity contribution in [3.05, 3.63) is 54.2 Å². The molecule has 0 amide bonds. The van der Waals surface area contributed by atoms with Gasteiger partial charge in [-0.1, -0.05) is 31.2 Å². The van der Waals surface area contributed by atoms with Gasteiger partial charge in [-0.15, -0.1) is 6.58 Å². The SMILES string of the molecule is C=CC(NCC)c1cc(C)c2ccccc2n1. The summed E-state index contributed by atoms with van der Waals surface area (Å²) in [6.07, 6.45) is 1.90. The molecule has 1 aromatic carbocycles. The molecule has 0 saturated heterocycles. The van der Waals surface area contributed by atoms with Crippen LogP contribution in [-0.4, -0.2) is 11.5 Å². The number of nitrogens with zero attached hydrogens (tertiary/aromatic N) is 1. The molecular weight excluding hydrogens is 208 g/mol. The van der Waals surface area contributed by atoms with E-state index >= 15 is 0 Å². The fourth-order valence-corrected chi connectivity index (χ4v) is 2.06. The molecule has 2 aromatic rings. The number of pyridine rings is 1. The molecule has 2 heteroatoms. The van der Waals surface area contributed by atoms with Crippen LogP contribution < -0.4 is 5.32 Å². The Kier molecular flexibility index (Phi) is 3.55. The van der Waals surface area contributed by atoms with Gasteiger partial charge in [0.15, 0.2) is 0 Å². The highest BCUT2D eigenvalue weighted by Gasteiger charge is 2.09. The van der Waals surface area contributed by atoms with E-state index in [0.29, 0.717) is 0 Å². The number of hydrogen-bond acceptors (Lipinski definition) is 2. The van der Waals surface area contributed by atoms with Gasteiger partial charge in [-0.05, 0) is 31.2 Å². The van der Waals surface area contributed by atoms with Crippen molar-refractivity contribution in [1.29, 1.82) is 0 Å². The molecular formula is C15H18N2. The Morgan fingerprint density at radius 2 is 2.18 bits per heavy atom. The van der Waals surface area contributed by atoms with E-state index in [1.807, 2.05) is 18.2 Å². The predicted molar refractivity (Wildman–Crippen MR) is 73.1 cm³/mol. The zero-order valence-electron chi connectivity index (χ0n) is 10.4. The quantitative estimate of drug-likeness (QED) is 0.808. The highest BCUT2D eigenvalue weighted by molar-refractivity contribution is 5.82. The lowest BCUT2D eigenvalue weighted by molar-refractivity contribution is 0.635. The van der Waals surface area contributed by atoms with Gasteiger partial charge in [0.1, 0.15) is 0 Å². The number of rotatable bonds is 4. The topological polar surface area (TPSA) is 24.9 Å². The molecule has 17 heavy (non-hydrogen) atoms. The molecule has 1 N–H and O–H groups in total. The third kappa shape index (κ3) is 2.37. The minimum atomic E-state index is 0.128. The summed E-state index contributed by atoms with van der Waals surface area (Å²) in [6, 6.07) is 10.5. The number of aromatic nitrogens is 1. The first-order valence-electron chi connectivity index (χ1n) is 5.98. The van der Waals surface area contributed by atoms with Crippen LogP contribution in [0, 0.1) is 6.92 Å². The third-order valence-electron chi connectivity index (χ3n) is 2.92. The minimum absolute atomic E-state index is 0.128. The van der Waals surface area contributed by atoms with Crippen LogP contribution in [0.1, 0.15) is 24.2 Å². The van der Waals surface area contributed by atoms with Crippen LogP contribution in [-0.2, 0) is 0 Å². The Morgan fingerprint density at radius 1 is 1.41 bits per heavy atom. The summed E-state index contributed by atoms with van der Waals surface area (Å²) >= 11 is 0. The first kappa shape index (κ1) is 11.8. The van der Waals surface area contributed by atoms with Gasteiger partial charge in [0.25, 0.3) is 0 Å². The molecule has 2 rings (SSSR count). The van der Waals surface area contributed by atoms with Gasteiger partial charge in [0, 0.05) is 5.39 Å². The molecule has 0 spiro atoms. The number of para-hydroxylation sites is 1. The molecule has 1 heterocycles. The van der Waals surface area contributed by atoms with Crippen molar-refractivity contribution < 1.29 is 0 Å². The fraction of sp³-hybridized carbons (Fsp3) is 0.267. The highest BCUT2D eigenvalue weighted by atomic mass is 14.9. The van der Waals surface area contributed by atoms with Crippen LogP contribution in [0.25, 0.3) is 10.9 Å². The van der Waals surface area contributed by atoms with Crippen molar-refractivity contribution in [1.82, 2.24) is 10.3 Å². The second kappa shape index (κ2) is 5.11. The number of nitrogens with one attached hydrogen (secondary N) is 1. The molecule has 0 fully saturated rings. The van der Waals surface area contributed by atoms with E-state index in [1.54, 1.807) is 0 Å². The molecule has 0 aliphatic carbocycles. The molecule has 0 aliphatic heterocycles. The number of hydrogen-bond donors (Lipinski definition) is 1. The minimum Gasteiger partial charge on any atom is -0.306 e. The van der Waals surface area contributed by atoms with Gasteiger partial charge in [0.05, 0.1) is 17.3 Å². The molecule has 1 atom stereocenters. The van der Waals surface area contributed by atoms with Crippen LogP contribution in [0.5, 0.6) is 0 Å². The number of likely N-dealkylation sites (N-methyl/N-ethyl adjacent to an activating group) is 1. The summed E-state index contributed by atoms with van der Waals surface area (Å²) in [6.45, 7) is 8.98. The van der Waals surface area contributed by atoms with Gasteiger partial charge in [0.2, 0.25) is 0 Å². The zero-order chi connectivity index (χ0) is 12.3. The first-order valence-corrected chi connectivity index (χ1v) is 5.98. The molecule has 1 unspecified atom stereocenters. The lowest BCUT2D eigenvalue weighted by Gasteiger charge is -2.14. The summed E-state index contributed by atoms with van der Waals surface area (Å²) in [5, 5.41) is 4.58. The van der Waals surface area contributed by atoms with Gasteiger partial charge in [-0.2, -0.15) is 0 Å². The predicted octanol–water partition coefficient (Wildman–Crippen LogP) is 3.38. The van der Waals surface area contributed by atoms with Gasteiger partial charge >= 0.3 is 0 Å². The van der Waals surface area contributed by atoms with Gasteiger partial charge < -0.3 is 5.32 Å². The van der Waals surface area contributed by atoms with Crippen molar-refractivity contribution in [2.75, 3.05) is 6.54 Å². The maximum Gasteiger partial charge on any atom is 0.0708 e. The summed E-state index contributed by atoms with van der Waals surface area (Å²) in [5.74, 6) is 0. The number of benzene rings is 1. The monoisotopic (exact) mass is 226 g/mol. The normalized spacial score (nSPS) is 12.6. The van der Waals surface area contributed by atoms with Crippen molar-refractivity contribution in [2.45, 2.75) is 19.9 Å². The lowest BCUT2D eigenvalue weighted by atomic mass is 10.1. The van der Waals surface area contributed by atoms with Gasteiger partial charge in [-0.3, -0.25) is 4.98 Å². The molecule has 0 aliphatic rings. The summed E-state index contributed by atoms with van der Waals surface area (Å²) in [4.78, 5) is 4.69. The first-order chi connectivity index (χ1) is 8.26. The maximum absolute atomic E-state index is 4.69. The van der Waals surface area contributed by atoms with Crippen LogP contribution in [0.2, 0.25) is 0 Å². The molecule has 88 valence electrons. The average molecular weight is 226 g/mol. The molecule has 0 radical (unpaired) electrons. The maximum atomic E-state index is 4.69. The Bertz CT molecular complexity index is 531. The standard InChI is InChI=1S/C15H18N2/c1-4-13(16-5-2)15-10-11(3)12-8-6-7-9-14(12)17-15/h4,6-10,13,16H,1,5H2,2-3H3. The van der Waals surface area contributed by atoms with E-state index in [4.69, 9.17) is 4.98 Å². The van der Waals surface area contributed by atoms with Crippen molar-refractivity contribution in [3.63, 3.8) is 0 Å². The second-order valence-corrected chi connectivity index (χ2v) is 4.15. The van der Waals surface area contributed by atoms with Gasteiger partial charge in [-0.25, -0.2) is 0 Å². The summed E-state index contributed by atoms with van der Waals surface area (Å²) < 4.78 is 0. The zero-order valence-corrected chi connectivity index (χ0v) is 10.4. The molecule has 1 aromatic heterocycles. The highest BCUT2D eigenvalue weighted by Crippen LogP contribution is 2.21. The summed E-state index contributed by atoms with van der Waals surface area (Å²) in [7, 11) is 0. The average Bonchev–Trinajstić information content (AvgIpc) is 2.36. The number of fused-ring (bicyclic) bond motifs is 1. The van der Waals surface area contributed by atoms with Crippen molar-refractivity contribution >= 4 is 10.9 Å². The third-order valence-corrected chi connectivity index (χ3v) is 2.92. The van der Waals surface area contributed by atoms with E-state index in [1.165, 1.54) is 10.9 Å². The van der Waals surface area contributed by atoms with Crippen molar-refractivity contribution in [2.24, 2.45) is 0 Å². The summed E-state index contributed by atoms with van der Waals surface area (Å²) in [5.41, 5.74) is 3.35. The van der Waals surface area contributed by atoms with E-state index in [-0.39, 0.29) is 6.04 Å². The van der Waals surface area contributed by atoms with Crippen LogP contribution in [0.3, 0.4) is 0 Å². The Hall–Kier alpha value is -1.67. The lowest BCUT2D eigenvalue weighted by Crippen LogP contribution is -2.19. The fourth-order valence-electron chi connectivity index (χ4n) is 2.06. The Labute approximate surface area is 102 Å². The van der Waals surface area contributed by atoms with E-state index in [9.17, 15) is 0 Å². The number of aryl methyl sites for hydroxylation is 1. The Balaban J connectivity index is 2.52. The van der Waals surface area contributed by atoms with E-state index < -0.39 is 0 Å². The smallest absolute Gasteiger partial charge is 0.0708 e. The van der Waals surface area contributed by atoms with E-state index in [0.717, 1.165) is 17.8 Å². The van der Waals surface area contributed by atoms with Crippen molar-refractivity contribution in [3.8, 4) is 0 Å². The molecule has 2 nitrogen and oxygen atoms in total. The molecule has 0 bridgehead atoms. The van der Waals surface area contributed by atoms with E-state index in [2.05, 4.69) is 43.9 Å². The Morgan fingerprint density at radius 3 is 2.88 bits per heavy atom. The molecule has 0 saturated carbocycles. The second-order valence-electron chi connectivity index (χ2n) is 4.15.